The number of aromatic amines is 1. The summed E-state index contributed by atoms with van der Waals surface area (Å²) in [6, 6.07) is 1.79. The lowest BCUT2D eigenvalue weighted by Gasteiger charge is -2.31. The van der Waals surface area contributed by atoms with Crippen LogP contribution >= 0.6 is 11.6 Å². The summed E-state index contributed by atoms with van der Waals surface area (Å²) in [7, 11) is 3.28. The predicted octanol–water partition coefficient (Wildman–Crippen LogP) is 4.61. The molecule has 1 aliphatic carbocycles. The molecule has 1 N–H and O–H groups in total. The molecule has 1 atom stereocenters. The van der Waals surface area contributed by atoms with E-state index < -0.39 is 11.4 Å². The molecule has 1 aliphatic rings. The standard InChI is InChI=1S/C26H32ClN7O4/c1-5-15-6-8-16(9-7-15)13-34-20-19(17-10-18(27)12-28-11-17)29-22(23-32-25(35)38-33-23)30-21(20)31-24(34)26(2,37-4)14-36-3/h10-12,15-16H,5-9,13-14H2,1-4H3,(H,32,33,35). The zero-order chi connectivity index (χ0) is 26.9. The Bertz CT molecular complexity index is 1470. The maximum Gasteiger partial charge on any atom is 0.439 e. The summed E-state index contributed by atoms with van der Waals surface area (Å²) in [6.45, 7) is 5.24. The van der Waals surface area contributed by atoms with Gasteiger partial charge < -0.3 is 14.0 Å². The Labute approximate surface area is 225 Å². The highest BCUT2D eigenvalue weighted by Gasteiger charge is 2.36. The number of pyridine rings is 1. The average Bonchev–Trinajstić information content (AvgIpc) is 3.52. The second kappa shape index (κ2) is 10.9. The van der Waals surface area contributed by atoms with Gasteiger partial charge in [0.1, 0.15) is 22.6 Å². The SMILES string of the molecule is CCC1CCC(Cn2c(C(C)(COC)OC)nc3nc(-c4noc(=O)[nH]4)nc(-c4cncc(Cl)c4)c32)CC1. The number of rotatable bonds is 9. The van der Waals surface area contributed by atoms with E-state index in [1.54, 1.807) is 32.7 Å². The van der Waals surface area contributed by atoms with Gasteiger partial charge in [0.25, 0.3) is 0 Å². The van der Waals surface area contributed by atoms with Gasteiger partial charge in [0, 0.05) is 38.7 Å². The normalized spacial score (nSPS) is 19.6. The van der Waals surface area contributed by atoms with E-state index in [2.05, 4.69) is 31.6 Å². The second-order valence-corrected chi connectivity index (χ2v) is 10.5. The highest BCUT2D eigenvalue weighted by molar-refractivity contribution is 6.30. The smallest absolute Gasteiger partial charge is 0.381 e. The zero-order valence-electron chi connectivity index (χ0n) is 22.0. The van der Waals surface area contributed by atoms with Crippen LogP contribution in [0.5, 0.6) is 0 Å². The number of H-pyrrole nitrogens is 1. The number of imidazole rings is 1. The van der Waals surface area contributed by atoms with Crippen molar-refractivity contribution in [1.82, 2.24) is 34.6 Å². The van der Waals surface area contributed by atoms with Crippen LogP contribution in [0.2, 0.25) is 5.02 Å². The van der Waals surface area contributed by atoms with E-state index in [0.29, 0.717) is 40.3 Å². The molecule has 4 aromatic heterocycles. The molecule has 1 fully saturated rings. The van der Waals surface area contributed by atoms with Gasteiger partial charge in [0.15, 0.2) is 5.65 Å². The van der Waals surface area contributed by atoms with Crippen LogP contribution in [0.15, 0.2) is 27.8 Å². The molecule has 0 aromatic carbocycles. The van der Waals surface area contributed by atoms with Crippen LogP contribution in [-0.2, 0) is 21.6 Å². The molecule has 4 heterocycles. The van der Waals surface area contributed by atoms with E-state index in [1.165, 1.54) is 19.3 Å². The van der Waals surface area contributed by atoms with Crippen molar-refractivity contribution in [3.05, 3.63) is 39.9 Å². The number of fused-ring (bicyclic) bond motifs is 1. The van der Waals surface area contributed by atoms with Gasteiger partial charge in [0.05, 0.1) is 11.6 Å². The van der Waals surface area contributed by atoms with Gasteiger partial charge in [-0.15, -0.1) is 0 Å². The average molecular weight is 542 g/mol. The molecule has 1 saturated carbocycles. The monoisotopic (exact) mass is 541 g/mol. The summed E-state index contributed by atoms with van der Waals surface area (Å²) in [4.78, 5) is 33.0. The van der Waals surface area contributed by atoms with Gasteiger partial charge >= 0.3 is 5.76 Å². The topological polar surface area (TPSA) is 134 Å². The van der Waals surface area contributed by atoms with Gasteiger partial charge in [-0.25, -0.2) is 19.7 Å². The summed E-state index contributed by atoms with van der Waals surface area (Å²) in [5.41, 5.74) is 1.58. The van der Waals surface area contributed by atoms with E-state index in [-0.39, 0.29) is 11.6 Å². The Morgan fingerprint density at radius 1 is 1.16 bits per heavy atom. The first-order valence-corrected chi connectivity index (χ1v) is 13.2. The first kappa shape index (κ1) is 26.5. The first-order chi connectivity index (χ1) is 18.3. The fraction of sp³-hybridized carbons (Fsp3) is 0.538. The number of methoxy groups -OCH3 is 2. The molecule has 5 rings (SSSR count). The zero-order valence-corrected chi connectivity index (χ0v) is 22.8. The van der Waals surface area contributed by atoms with E-state index in [1.807, 2.05) is 6.92 Å². The highest BCUT2D eigenvalue weighted by Crippen LogP contribution is 2.37. The molecule has 0 aliphatic heterocycles. The molecule has 0 bridgehead atoms. The Morgan fingerprint density at radius 3 is 2.55 bits per heavy atom. The molecule has 0 saturated heterocycles. The van der Waals surface area contributed by atoms with Crippen molar-refractivity contribution in [2.45, 2.75) is 58.1 Å². The van der Waals surface area contributed by atoms with Crippen LogP contribution in [-0.4, -0.2) is 55.5 Å². The van der Waals surface area contributed by atoms with Gasteiger partial charge in [-0.05, 0) is 37.7 Å². The number of ether oxygens (including phenoxy) is 2. The number of nitrogens with zero attached hydrogens (tertiary/aromatic N) is 6. The lowest BCUT2D eigenvalue weighted by atomic mass is 9.81. The fourth-order valence-corrected chi connectivity index (χ4v) is 5.54. The Balaban J connectivity index is 1.75. The summed E-state index contributed by atoms with van der Waals surface area (Å²) >= 11 is 6.33. The Hall–Kier alpha value is -3.15. The van der Waals surface area contributed by atoms with E-state index >= 15 is 0 Å². The highest BCUT2D eigenvalue weighted by atomic mass is 35.5. The van der Waals surface area contributed by atoms with Crippen molar-refractivity contribution in [1.29, 1.82) is 0 Å². The molecular weight excluding hydrogens is 510 g/mol. The largest absolute Gasteiger partial charge is 0.439 e. The summed E-state index contributed by atoms with van der Waals surface area (Å²) in [6.07, 6.45) is 9.18. The molecule has 202 valence electrons. The third-order valence-corrected chi connectivity index (χ3v) is 7.77. The van der Waals surface area contributed by atoms with Gasteiger partial charge in [-0.3, -0.25) is 14.5 Å². The van der Waals surface area contributed by atoms with Gasteiger partial charge in [-0.2, -0.15) is 0 Å². The Kier molecular flexibility index (Phi) is 7.60. The number of hydrogen-bond acceptors (Lipinski definition) is 9. The maximum atomic E-state index is 11.7. The van der Waals surface area contributed by atoms with E-state index in [4.69, 9.17) is 35.6 Å². The van der Waals surface area contributed by atoms with E-state index in [0.717, 1.165) is 30.8 Å². The number of aromatic nitrogens is 7. The maximum absolute atomic E-state index is 11.7. The lowest BCUT2D eigenvalue weighted by molar-refractivity contribution is -0.0637. The molecule has 11 nitrogen and oxygen atoms in total. The van der Waals surface area contributed by atoms with Crippen molar-refractivity contribution < 1.29 is 14.0 Å². The van der Waals surface area contributed by atoms with Crippen molar-refractivity contribution in [3.63, 3.8) is 0 Å². The van der Waals surface area contributed by atoms with Crippen LogP contribution in [0.4, 0.5) is 0 Å². The second-order valence-electron chi connectivity index (χ2n) is 10.1. The van der Waals surface area contributed by atoms with Crippen molar-refractivity contribution >= 4 is 22.8 Å². The summed E-state index contributed by atoms with van der Waals surface area (Å²) in [5.74, 6) is 1.51. The van der Waals surface area contributed by atoms with Crippen LogP contribution in [0.25, 0.3) is 34.1 Å². The van der Waals surface area contributed by atoms with Crippen LogP contribution in [0.3, 0.4) is 0 Å². The third-order valence-electron chi connectivity index (χ3n) is 7.56. The van der Waals surface area contributed by atoms with Crippen molar-refractivity contribution in [2.75, 3.05) is 20.8 Å². The van der Waals surface area contributed by atoms with Gasteiger partial charge in [0.2, 0.25) is 11.6 Å². The predicted molar refractivity (Wildman–Crippen MR) is 142 cm³/mol. The van der Waals surface area contributed by atoms with Crippen LogP contribution < -0.4 is 5.76 Å². The van der Waals surface area contributed by atoms with Crippen molar-refractivity contribution in [2.24, 2.45) is 11.8 Å². The van der Waals surface area contributed by atoms with Gasteiger partial charge in [-0.1, -0.05) is 42.9 Å². The molecule has 38 heavy (non-hydrogen) atoms. The van der Waals surface area contributed by atoms with Crippen LogP contribution in [0.1, 0.15) is 51.8 Å². The minimum atomic E-state index is -0.845. The third kappa shape index (κ3) is 5.10. The quantitative estimate of drug-likeness (QED) is 0.322. The minimum absolute atomic E-state index is 0.105. The summed E-state index contributed by atoms with van der Waals surface area (Å²) < 4.78 is 18.4. The molecule has 0 amide bonds. The fourth-order valence-electron chi connectivity index (χ4n) is 5.36. The van der Waals surface area contributed by atoms with Crippen LogP contribution in [0, 0.1) is 11.8 Å². The number of hydrogen-bond donors (Lipinski definition) is 1. The Morgan fingerprint density at radius 2 is 1.92 bits per heavy atom. The molecule has 12 heteroatoms. The number of halogens is 1. The number of nitrogens with one attached hydrogen (secondary N) is 1. The molecule has 1 unspecified atom stereocenters. The first-order valence-electron chi connectivity index (χ1n) is 12.8. The molecular formula is C26H32ClN7O4. The van der Waals surface area contributed by atoms with E-state index in [9.17, 15) is 4.79 Å². The molecule has 0 spiro atoms. The summed E-state index contributed by atoms with van der Waals surface area (Å²) in [5, 5.41) is 4.26. The lowest BCUT2D eigenvalue weighted by Crippen LogP contribution is -2.34. The molecule has 0 radical (unpaired) electrons. The van der Waals surface area contributed by atoms with Crippen molar-refractivity contribution in [3.8, 4) is 22.9 Å². The minimum Gasteiger partial charge on any atom is -0.381 e. The molecule has 4 aromatic rings.